The first-order valence-corrected chi connectivity index (χ1v) is 7.06. The van der Waals surface area contributed by atoms with Crippen molar-refractivity contribution in [3.8, 4) is 0 Å². The molecule has 1 atom stereocenters. The molecule has 1 aliphatic rings. The lowest BCUT2D eigenvalue weighted by atomic mass is 9.89. The van der Waals surface area contributed by atoms with E-state index in [1.54, 1.807) is 0 Å². The highest BCUT2D eigenvalue weighted by molar-refractivity contribution is 5.05. The van der Waals surface area contributed by atoms with Crippen LogP contribution in [-0.4, -0.2) is 34.8 Å². The Hall–Kier alpha value is -0.940. The Morgan fingerprint density at radius 2 is 2.22 bits per heavy atom. The van der Waals surface area contributed by atoms with Crippen molar-refractivity contribution in [1.82, 2.24) is 20.3 Å². The van der Waals surface area contributed by atoms with Crippen LogP contribution < -0.4 is 5.32 Å². The van der Waals surface area contributed by atoms with E-state index in [-0.39, 0.29) is 0 Å². The van der Waals surface area contributed by atoms with Crippen molar-refractivity contribution in [3.63, 3.8) is 0 Å². The second kappa shape index (κ2) is 6.85. The minimum Gasteiger partial charge on any atom is -0.381 e. The third-order valence-electron chi connectivity index (χ3n) is 3.56. The molecule has 1 aromatic heterocycles. The van der Waals surface area contributed by atoms with E-state index in [1.165, 1.54) is 5.69 Å². The van der Waals surface area contributed by atoms with Crippen LogP contribution in [0.4, 0.5) is 0 Å². The van der Waals surface area contributed by atoms with E-state index in [0.717, 1.165) is 45.6 Å². The lowest BCUT2D eigenvalue weighted by molar-refractivity contribution is 0.0526. The van der Waals surface area contributed by atoms with Crippen LogP contribution in [0, 0.1) is 5.92 Å². The molecule has 2 heterocycles. The summed E-state index contributed by atoms with van der Waals surface area (Å²) in [4.78, 5) is 0. The number of rotatable bonds is 6. The molecule has 1 fully saturated rings. The summed E-state index contributed by atoms with van der Waals surface area (Å²) in [6.07, 6.45) is 5.24. The number of aryl methyl sites for hydroxylation is 1. The van der Waals surface area contributed by atoms with Crippen molar-refractivity contribution in [2.75, 3.05) is 19.8 Å². The maximum absolute atomic E-state index is 5.46. The summed E-state index contributed by atoms with van der Waals surface area (Å²) in [6.45, 7) is 7.99. The van der Waals surface area contributed by atoms with Crippen LogP contribution in [0.25, 0.3) is 0 Å². The van der Waals surface area contributed by atoms with Gasteiger partial charge in [0.25, 0.3) is 0 Å². The molecule has 0 saturated carbocycles. The fourth-order valence-electron chi connectivity index (χ4n) is 2.67. The molecule has 0 bridgehead atoms. The summed E-state index contributed by atoms with van der Waals surface area (Å²) in [5.41, 5.74) is 1.23. The van der Waals surface area contributed by atoms with Crippen molar-refractivity contribution in [2.24, 2.45) is 5.92 Å². The Morgan fingerprint density at radius 3 is 2.89 bits per heavy atom. The molecule has 0 spiro atoms. The van der Waals surface area contributed by atoms with E-state index in [2.05, 4.69) is 29.5 Å². The molecule has 5 heteroatoms. The Morgan fingerprint density at radius 1 is 1.44 bits per heavy atom. The van der Waals surface area contributed by atoms with Crippen LogP contribution >= 0.6 is 0 Å². The Kier molecular flexibility index (Phi) is 5.13. The lowest BCUT2D eigenvalue weighted by Gasteiger charge is -2.30. The first-order valence-electron chi connectivity index (χ1n) is 7.06. The predicted molar refractivity (Wildman–Crippen MR) is 70.3 cm³/mol. The van der Waals surface area contributed by atoms with Crippen molar-refractivity contribution >= 4 is 0 Å². The number of hydrogen-bond acceptors (Lipinski definition) is 4. The van der Waals surface area contributed by atoms with E-state index in [1.807, 2.05) is 10.9 Å². The van der Waals surface area contributed by atoms with Crippen LogP contribution in [0.2, 0.25) is 0 Å². The molecule has 1 unspecified atom stereocenters. The van der Waals surface area contributed by atoms with Crippen LogP contribution in [0.1, 0.15) is 44.8 Å². The molecule has 1 N–H and O–H groups in total. The average molecular weight is 252 g/mol. The maximum Gasteiger partial charge on any atom is 0.0759 e. The van der Waals surface area contributed by atoms with E-state index in [4.69, 9.17) is 4.74 Å². The Bertz CT molecular complexity index is 347. The van der Waals surface area contributed by atoms with Gasteiger partial charge in [-0.15, -0.1) is 5.10 Å². The fourth-order valence-corrected chi connectivity index (χ4v) is 2.67. The van der Waals surface area contributed by atoms with Gasteiger partial charge in [0.1, 0.15) is 0 Å². The summed E-state index contributed by atoms with van der Waals surface area (Å²) < 4.78 is 7.50. The fraction of sp³-hybridized carbons (Fsp3) is 0.846. The predicted octanol–water partition coefficient (Wildman–Crippen LogP) is 1.77. The minimum atomic E-state index is 0.362. The third-order valence-corrected chi connectivity index (χ3v) is 3.56. The molecule has 18 heavy (non-hydrogen) atoms. The molecule has 0 amide bonds. The monoisotopic (exact) mass is 252 g/mol. The first kappa shape index (κ1) is 13.5. The van der Waals surface area contributed by atoms with Crippen molar-refractivity contribution in [2.45, 2.75) is 45.7 Å². The number of nitrogens with zero attached hydrogens (tertiary/aromatic N) is 3. The van der Waals surface area contributed by atoms with Gasteiger partial charge in [-0.05, 0) is 31.7 Å². The Labute approximate surface area is 109 Å². The van der Waals surface area contributed by atoms with Gasteiger partial charge in [-0.2, -0.15) is 0 Å². The van der Waals surface area contributed by atoms with Gasteiger partial charge in [0.05, 0.1) is 17.9 Å². The zero-order chi connectivity index (χ0) is 12.8. The Balaban J connectivity index is 2.14. The minimum absolute atomic E-state index is 0.362. The van der Waals surface area contributed by atoms with Gasteiger partial charge < -0.3 is 10.1 Å². The molecule has 1 saturated heterocycles. The zero-order valence-corrected chi connectivity index (χ0v) is 11.4. The summed E-state index contributed by atoms with van der Waals surface area (Å²) in [5.74, 6) is 0.632. The number of aromatic nitrogens is 3. The summed E-state index contributed by atoms with van der Waals surface area (Å²) in [6, 6.07) is 0.362. The highest BCUT2D eigenvalue weighted by atomic mass is 16.5. The largest absolute Gasteiger partial charge is 0.381 e. The van der Waals surface area contributed by atoms with Crippen molar-refractivity contribution < 1.29 is 4.74 Å². The second-order valence-electron chi connectivity index (χ2n) is 4.87. The highest BCUT2D eigenvalue weighted by Crippen LogP contribution is 2.29. The summed E-state index contributed by atoms with van der Waals surface area (Å²) in [5, 5.41) is 11.9. The average Bonchev–Trinajstić information content (AvgIpc) is 2.85. The molecule has 1 aliphatic heterocycles. The van der Waals surface area contributed by atoms with Gasteiger partial charge >= 0.3 is 0 Å². The number of nitrogens with one attached hydrogen (secondary N) is 1. The molecule has 2 rings (SSSR count). The highest BCUT2D eigenvalue weighted by Gasteiger charge is 2.27. The van der Waals surface area contributed by atoms with E-state index in [9.17, 15) is 0 Å². The van der Waals surface area contributed by atoms with Gasteiger partial charge in [0, 0.05) is 19.8 Å². The smallest absolute Gasteiger partial charge is 0.0759 e. The van der Waals surface area contributed by atoms with Gasteiger partial charge in [-0.25, -0.2) is 4.68 Å². The third kappa shape index (κ3) is 3.09. The van der Waals surface area contributed by atoms with E-state index < -0.39 is 0 Å². The SMILES string of the molecule is CCCn1nncc1C(NCC)C1CCOCC1. The standard InChI is InChI=1S/C13H24N4O/c1-3-7-17-12(10-15-16-17)13(14-4-2)11-5-8-18-9-6-11/h10-11,13-14H,3-9H2,1-2H3. The second-order valence-corrected chi connectivity index (χ2v) is 4.87. The molecule has 5 nitrogen and oxygen atoms in total. The van der Waals surface area contributed by atoms with E-state index >= 15 is 0 Å². The molecule has 0 aromatic carbocycles. The first-order chi connectivity index (χ1) is 8.86. The van der Waals surface area contributed by atoms with Crippen LogP contribution in [-0.2, 0) is 11.3 Å². The molecule has 0 aliphatic carbocycles. The van der Waals surface area contributed by atoms with Crippen molar-refractivity contribution in [3.05, 3.63) is 11.9 Å². The van der Waals surface area contributed by atoms with Crippen LogP contribution in [0.15, 0.2) is 6.20 Å². The van der Waals surface area contributed by atoms with Gasteiger partial charge in [0.2, 0.25) is 0 Å². The number of ether oxygens (including phenoxy) is 1. The van der Waals surface area contributed by atoms with Crippen LogP contribution in [0.5, 0.6) is 0 Å². The lowest BCUT2D eigenvalue weighted by Crippen LogP contribution is -2.33. The topological polar surface area (TPSA) is 52.0 Å². The summed E-state index contributed by atoms with van der Waals surface area (Å²) >= 11 is 0. The van der Waals surface area contributed by atoms with E-state index in [0.29, 0.717) is 12.0 Å². The summed E-state index contributed by atoms with van der Waals surface area (Å²) in [7, 11) is 0. The van der Waals surface area contributed by atoms with Gasteiger partial charge in [-0.3, -0.25) is 0 Å². The van der Waals surface area contributed by atoms with Crippen LogP contribution in [0.3, 0.4) is 0 Å². The normalized spacial score (nSPS) is 19.0. The molecule has 0 radical (unpaired) electrons. The van der Waals surface area contributed by atoms with Gasteiger partial charge in [-0.1, -0.05) is 19.1 Å². The maximum atomic E-state index is 5.46. The molecular formula is C13H24N4O. The molecule has 102 valence electrons. The van der Waals surface area contributed by atoms with Crippen molar-refractivity contribution in [1.29, 1.82) is 0 Å². The van der Waals surface area contributed by atoms with Gasteiger partial charge in [0.15, 0.2) is 0 Å². The quantitative estimate of drug-likeness (QED) is 0.838. The number of hydrogen-bond donors (Lipinski definition) is 1. The zero-order valence-electron chi connectivity index (χ0n) is 11.4. The molecular weight excluding hydrogens is 228 g/mol. The molecule has 1 aromatic rings.